The van der Waals surface area contributed by atoms with Crippen LogP contribution in [-0.2, 0) is 4.74 Å². The van der Waals surface area contributed by atoms with Gasteiger partial charge in [-0.2, -0.15) is 0 Å². The molecule has 1 aliphatic rings. The number of carbonyl (C=O) groups is 1. The molecule has 1 rings (SSSR count). The fourth-order valence-electron chi connectivity index (χ4n) is 0.739. The van der Waals surface area contributed by atoms with Crippen molar-refractivity contribution >= 4 is 6.16 Å². The van der Waals surface area contributed by atoms with Crippen LogP contribution in [0.4, 0.5) is 4.79 Å². The molecule has 1 aliphatic heterocycles. The van der Waals surface area contributed by atoms with E-state index >= 15 is 0 Å². The van der Waals surface area contributed by atoms with Crippen molar-refractivity contribution in [2.45, 2.75) is 26.4 Å². The summed E-state index contributed by atoms with van der Waals surface area (Å²) in [7, 11) is 0. The van der Waals surface area contributed by atoms with Gasteiger partial charge in [0, 0.05) is 25.6 Å². The minimum absolute atomic E-state index is 0.354. The molecule has 1 heterocycles. The topological polar surface area (TPSA) is 78.8 Å². The Bertz CT molecular complexity index is 169. The fraction of sp³-hybridized carbons (Fsp3) is 0.889. The molecule has 0 amide bonds. The van der Waals surface area contributed by atoms with Gasteiger partial charge in [0.2, 0.25) is 0 Å². The van der Waals surface area contributed by atoms with Gasteiger partial charge in [-0.1, -0.05) is 0 Å². The van der Waals surface area contributed by atoms with Crippen LogP contribution in [-0.4, -0.2) is 41.7 Å². The lowest BCUT2D eigenvalue weighted by atomic mass is 10.1. The molecule has 0 unspecified atom stereocenters. The van der Waals surface area contributed by atoms with Crippen LogP contribution in [0.3, 0.4) is 0 Å². The number of carboxylic acid groups (broad SMARTS) is 1. The number of hydrogen-bond donors (Lipinski definition) is 3. The lowest BCUT2D eigenvalue weighted by Crippen LogP contribution is -2.43. The van der Waals surface area contributed by atoms with Crippen molar-refractivity contribution in [3.63, 3.8) is 0 Å². The van der Waals surface area contributed by atoms with Crippen LogP contribution in [0.25, 0.3) is 0 Å². The maximum Gasteiger partial charge on any atom is 0.506 e. The summed E-state index contributed by atoms with van der Waals surface area (Å²) in [6.45, 7) is 7.42. The molecule has 1 fully saturated rings. The zero-order valence-corrected chi connectivity index (χ0v) is 8.91. The molecule has 0 bridgehead atoms. The number of nitrogens with one attached hydrogen (secondary N) is 1. The SMILES string of the molecule is CC(C)(C)OC(=O)O.OCC1CNC1. The Balaban J connectivity index is 0.000000249. The first-order chi connectivity index (χ1) is 6.35. The van der Waals surface area contributed by atoms with Crippen molar-refractivity contribution in [3.8, 4) is 0 Å². The van der Waals surface area contributed by atoms with E-state index in [9.17, 15) is 4.79 Å². The van der Waals surface area contributed by atoms with E-state index in [4.69, 9.17) is 10.2 Å². The Morgan fingerprint density at radius 1 is 1.50 bits per heavy atom. The zero-order chi connectivity index (χ0) is 11.2. The monoisotopic (exact) mass is 205 g/mol. The third-order valence-electron chi connectivity index (χ3n) is 1.52. The van der Waals surface area contributed by atoms with Crippen molar-refractivity contribution < 1.29 is 19.7 Å². The summed E-state index contributed by atoms with van der Waals surface area (Å²) in [5.41, 5.74) is -0.578. The van der Waals surface area contributed by atoms with Gasteiger partial charge in [0.1, 0.15) is 5.60 Å². The molecule has 84 valence electrons. The summed E-state index contributed by atoms with van der Waals surface area (Å²) in [5.74, 6) is 0.560. The summed E-state index contributed by atoms with van der Waals surface area (Å²) < 4.78 is 4.35. The van der Waals surface area contributed by atoms with Crippen LogP contribution >= 0.6 is 0 Å². The first-order valence-electron chi connectivity index (χ1n) is 4.58. The third-order valence-corrected chi connectivity index (χ3v) is 1.52. The largest absolute Gasteiger partial charge is 0.506 e. The molecule has 14 heavy (non-hydrogen) atoms. The first kappa shape index (κ1) is 13.2. The van der Waals surface area contributed by atoms with Crippen molar-refractivity contribution in [1.29, 1.82) is 0 Å². The Kier molecular flexibility index (Phi) is 5.49. The van der Waals surface area contributed by atoms with E-state index in [1.807, 2.05) is 0 Å². The molecular weight excluding hydrogens is 186 g/mol. The maximum atomic E-state index is 9.79. The van der Waals surface area contributed by atoms with E-state index in [0.717, 1.165) is 13.1 Å². The van der Waals surface area contributed by atoms with Crippen LogP contribution in [0.5, 0.6) is 0 Å². The van der Waals surface area contributed by atoms with E-state index in [1.54, 1.807) is 20.8 Å². The normalized spacial score (nSPS) is 16.3. The van der Waals surface area contributed by atoms with Crippen LogP contribution in [0.1, 0.15) is 20.8 Å². The van der Waals surface area contributed by atoms with Crippen molar-refractivity contribution in [3.05, 3.63) is 0 Å². The predicted octanol–water partition coefficient (Wildman–Crippen LogP) is 0.678. The Labute approximate surface area is 84.1 Å². The van der Waals surface area contributed by atoms with Gasteiger partial charge in [-0.05, 0) is 20.8 Å². The maximum absolute atomic E-state index is 9.79. The molecule has 0 atom stereocenters. The second kappa shape index (κ2) is 5.82. The highest BCUT2D eigenvalue weighted by atomic mass is 16.7. The van der Waals surface area contributed by atoms with Crippen LogP contribution in [0.2, 0.25) is 0 Å². The highest BCUT2D eigenvalue weighted by molar-refractivity contribution is 5.57. The Morgan fingerprint density at radius 3 is 2.00 bits per heavy atom. The zero-order valence-electron chi connectivity index (χ0n) is 8.91. The standard InChI is InChI=1S/C5H10O3.C4H9NO/c1-5(2,3)8-4(6)7;6-3-4-1-5-2-4/h1-3H3,(H,6,7);4-6H,1-3H2. The van der Waals surface area contributed by atoms with Crippen molar-refractivity contribution in [1.82, 2.24) is 5.32 Å². The number of aliphatic hydroxyl groups is 1. The molecule has 0 aliphatic carbocycles. The van der Waals surface area contributed by atoms with Gasteiger partial charge in [0.15, 0.2) is 0 Å². The first-order valence-corrected chi connectivity index (χ1v) is 4.58. The van der Waals surface area contributed by atoms with Gasteiger partial charge in [-0.3, -0.25) is 0 Å². The Morgan fingerprint density at radius 2 is 2.00 bits per heavy atom. The summed E-state index contributed by atoms with van der Waals surface area (Å²) in [4.78, 5) is 9.79. The molecule has 1 saturated heterocycles. The number of rotatable bonds is 1. The third kappa shape index (κ3) is 7.82. The van der Waals surface area contributed by atoms with Gasteiger partial charge < -0.3 is 20.3 Å². The molecule has 0 spiro atoms. The van der Waals surface area contributed by atoms with Crippen molar-refractivity contribution in [2.75, 3.05) is 19.7 Å². The average molecular weight is 205 g/mol. The van der Waals surface area contributed by atoms with Gasteiger partial charge in [-0.25, -0.2) is 4.79 Å². The second-order valence-electron chi connectivity index (χ2n) is 4.19. The molecule has 5 heteroatoms. The van der Waals surface area contributed by atoms with Gasteiger partial charge in [-0.15, -0.1) is 0 Å². The summed E-state index contributed by atoms with van der Waals surface area (Å²) in [6.07, 6.45) is -1.22. The van der Waals surface area contributed by atoms with E-state index < -0.39 is 11.8 Å². The lowest BCUT2D eigenvalue weighted by molar-refractivity contribution is 0.0150. The fourth-order valence-corrected chi connectivity index (χ4v) is 0.739. The van der Waals surface area contributed by atoms with Gasteiger partial charge in [0.25, 0.3) is 0 Å². The summed E-state index contributed by atoms with van der Waals surface area (Å²) >= 11 is 0. The van der Waals surface area contributed by atoms with Gasteiger partial charge >= 0.3 is 6.16 Å². The Hall–Kier alpha value is -0.810. The summed E-state index contributed by atoms with van der Waals surface area (Å²) in [6, 6.07) is 0. The molecule has 5 nitrogen and oxygen atoms in total. The second-order valence-corrected chi connectivity index (χ2v) is 4.19. The number of hydrogen-bond acceptors (Lipinski definition) is 4. The smallest absolute Gasteiger partial charge is 0.450 e. The van der Waals surface area contributed by atoms with Crippen LogP contribution < -0.4 is 5.32 Å². The molecule has 0 saturated carbocycles. The lowest BCUT2D eigenvalue weighted by Gasteiger charge is -2.24. The molecule has 0 aromatic heterocycles. The van der Waals surface area contributed by atoms with Crippen molar-refractivity contribution in [2.24, 2.45) is 5.92 Å². The molecule has 0 radical (unpaired) electrons. The van der Waals surface area contributed by atoms with E-state index in [1.165, 1.54) is 0 Å². The van der Waals surface area contributed by atoms with Gasteiger partial charge in [0.05, 0.1) is 0 Å². The molecule has 3 N–H and O–H groups in total. The highest BCUT2D eigenvalue weighted by Crippen LogP contribution is 2.05. The molecule has 0 aromatic rings. The quantitative estimate of drug-likeness (QED) is 0.548. The average Bonchev–Trinajstić information content (AvgIpc) is 1.78. The minimum atomic E-state index is -1.22. The molecule has 0 aromatic carbocycles. The van der Waals surface area contributed by atoms with E-state index in [2.05, 4.69) is 10.1 Å². The van der Waals surface area contributed by atoms with Crippen LogP contribution in [0.15, 0.2) is 0 Å². The number of ether oxygens (including phenoxy) is 1. The predicted molar refractivity (Wildman–Crippen MR) is 52.3 cm³/mol. The van der Waals surface area contributed by atoms with E-state index in [0.29, 0.717) is 12.5 Å². The summed E-state index contributed by atoms with van der Waals surface area (Å²) in [5, 5.41) is 19.4. The minimum Gasteiger partial charge on any atom is -0.450 e. The highest BCUT2D eigenvalue weighted by Gasteiger charge is 2.14. The van der Waals surface area contributed by atoms with Crippen LogP contribution in [0, 0.1) is 5.92 Å². The number of aliphatic hydroxyl groups excluding tert-OH is 1. The molecular formula is C9H19NO4. The van der Waals surface area contributed by atoms with E-state index in [-0.39, 0.29) is 0 Å².